The van der Waals surface area contributed by atoms with Gasteiger partial charge in [-0.05, 0) is 11.6 Å². The molecule has 17 heavy (non-hydrogen) atoms. The first-order valence-electron chi connectivity index (χ1n) is 5.60. The molecule has 3 aromatic rings. The van der Waals surface area contributed by atoms with Gasteiger partial charge in [-0.2, -0.15) is 5.10 Å². The molecule has 0 saturated heterocycles. The molecule has 4 nitrogen and oxygen atoms in total. The van der Waals surface area contributed by atoms with Crippen LogP contribution >= 0.6 is 0 Å². The van der Waals surface area contributed by atoms with Crippen LogP contribution in [0.2, 0.25) is 0 Å². The molecule has 0 spiro atoms. The third-order valence-corrected chi connectivity index (χ3v) is 2.96. The molecule has 2 N–H and O–H groups in total. The molecule has 1 aromatic carbocycles. The van der Waals surface area contributed by atoms with Gasteiger partial charge in [-0.3, -0.25) is 5.10 Å². The van der Waals surface area contributed by atoms with E-state index in [-0.39, 0.29) is 0 Å². The van der Waals surface area contributed by atoms with Crippen molar-refractivity contribution >= 4 is 16.6 Å². The first-order valence-corrected chi connectivity index (χ1v) is 5.60. The Morgan fingerprint density at radius 3 is 3.06 bits per heavy atom. The lowest BCUT2D eigenvalue weighted by molar-refractivity contribution is 0.956. The number of nitrogens with one attached hydrogen (secondary N) is 2. The van der Waals surface area contributed by atoms with Crippen molar-refractivity contribution in [2.24, 2.45) is 7.05 Å². The highest BCUT2D eigenvalue weighted by molar-refractivity contribution is 5.84. The molecule has 0 bridgehead atoms. The Morgan fingerprint density at radius 1 is 1.35 bits per heavy atom. The van der Waals surface area contributed by atoms with Crippen molar-refractivity contribution in [3.63, 3.8) is 0 Å². The highest BCUT2D eigenvalue weighted by atomic mass is 15.1. The van der Waals surface area contributed by atoms with Crippen molar-refractivity contribution in [2.75, 3.05) is 5.32 Å². The van der Waals surface area contributed by atoms with E-state index in [4.69, 9.17) is 0 Å². The second kappa shape index (κ2) is 3.97. The summed E-state index contributed by atoms with van der Waals surface area (Å²) >= 11 is 0. The van der Waals surface area contributed by atoms with E-state index in [9.17, 15) is 0 Å². The summed E-state index contributed by atoms with van der Waals surface area (Å²) in [6.07, 6.45) is 5.80. The fourth-order valence-electron chi connectivity index (χ4n) is 2.11. The zero-order valence-corrected chi connectivity index (χ0v) is 9.64. The maximum Gasteiger partial charge on any atom is 0.0726 e. The zero-order valence-electron chi connectivity index (χ0n) is 9.64. The van der Waals surface area contributed by atoms with Gasteiger partial charge in [0.05, 0.1) is 11.9 Å². The smallest absolute Gasteiger partial charge is 0.0726 e. The zero-order chi connectivity index (χ0) is 11.7. The standard InChI is InChI=1S/C13H14N4/c1-17-9-10(6-14-11-7-15-16-8-11)12-4-2-3-5-13(12)17/h2-5,7-9,14H,6H2,1H3,(H,15,16). The summed E-state index contributed by atoms with van der Waals surface area (Å²) in [5, 5.41) is 11.3. The third kappa shape index (κ3) is 1.78. The number of aryl methyl sites for hydroxylation is 1. The minimum absolute atomic E-state index is 0.806. The van der Waals surface area contributed by atoms with Gasteiger partial charge in [-0.15, -0.1) is 0 Å². The van der Waals surface area contributed by atoms with Crippen molar-refractivity contribution in [3.8, 4) is 0 Å². The average molecular weight is 226 g/mol. The maximum atomic E-state index is 3.91. The normalized spacial score (nSPS) is 10.9. The summed E-state index contributed by atoms with van der Waals surface area (Å²) in [7, 11) is 2.07. The number of fused-ring (bicyclic) bond motifs is 1. The number of anilines is 1. The summed E-state index contributed by atoms with van der Waals surface area (Å²) in [4.78, 5) is 0. The lowest BCUT2D eigenvalue weighted by atomic mass is 10.2. The van der Waals surface area contributed by atoms with Crippen LogP contribution in [0.15, 0.2) is 42.9 Å². The SMILES string of the molecule is Cn1cc(CNc2cn[nH]c2)c2ccccc21. The van der Waals surface area contributed by atoms with Gasteiger partial charge < -0.3 is 9.88 Å². The Labute approximate surface area is 99.3 Å². The Morgan fingerprint density at radius 2 is 2.24 bits per heavy atom. The number of hydrogen-bond donors (Lipinski definition) is 2. The second-order valence-electron chi connectivity index (χ2n) is 4.12. The average Bonchev–Trinajstić information content (AvgIpc) is 2.96. The first-order chi connectivity index (χ1) is 8.34. The van der Waals surface area contributed by atoms with Gasteiger partial charge in [0.2, 0.25) is 0 Å². The van der Waals surface area contributed by atoms with Crippen LogP contribution in [0.3, 0.4) is 0 Å². The summed E-state index contributed by atoms with van der Waals surface area (Å²) in [5.74, 6) is 0. The van der Waals surface area contributed by atoms with E-state index in [2.05, 4.69) is 57.6 Å². The van der Waals surface area contributed by atoms with E-state index in [0.29, 0.717) is 0 Å². The van der Waals surface area contributed by atoms with Gasteiger partial charge in [0.1, 0.15) is 0 Å². The summed E-state index contributed by atoms with van der Waals surface area (Å²) in [5.41, 5.74) is 3.57. The molecule has 0 fully saturated rings. The molecule has 0 aliphatic carbocycles. The number of hydrogen-bond acceptors (Lipinski definition) is 2. The monoisotopic (exact) mass is 226 g/mol. The molecule has 0 amide bonds. The molecule has 86 valence electrons. The Kier molecular flexibility index (Phi) is 2.33. The first kappa shape index (κ1) is 9.96. The van der Waals surface area contributed by atoms with Gasteiger partial charge in [-0.25, -0.2) is 0 Å². The molecule has 2 aromatic heterocycles. The Bertz CT molecular complexity index is 622. The molecule has 0 radical (unpaired) electrons. The van der Waals surface area contributed by atoms with Crippen molar-refractivity contribution in [3.05, 3.63) is 48.4 Å². The summed E-state index contributed by atoms with van der Waals surface area (Å²) in [6, 6.07) is 8.43. The van der Waals surface area contributed by atoms with Crippen LogP contribution in [0.25, 0.3) is 10.9 Å². The quantitative estimate of drug-likeness (QED) is 0.720. The predicted molar refractivity (Wildman–Crippen MR) is 68.8 cm³/mol. The van der Waals surface area contributed by atoms with Crippen LogP contribution in [0, 0.1) is 0 Å². The van der Waals surface area contributed by atoms with Crippen LogP contribution in [0.1, 0.15) is 5.56 Å². The number of benzene rings is 1. The highest BCUT2D eigenvalue weighted by Crippen LogP contribution is 2.21. The number of rotatable bonds is 3. The molecule has 0 unspecified atom stereocenters. The highest BCUT2D eigenvalue weighted by Gasteiger charge is 2.05. The minimum Gasteiger partial charge on any atom is -0.378 e. The van der Waals surface area contributed by atoms with Crippen molar-refractivity contribution in [2.45, 2.75) is 6.54 Å². The van der Waals surface area contributed by atoms with E-state index in [1.54, 1.807) is 6.20 Å². The molecule has 2 heterocycles. The molecular weight excluding hydrogens is 212 g/mol. The van der Waals surface area contributed by atoms with Gasteiger partial charge in [-0.1, -0.05) is 18.2 Å². The van der Waals surface area contributed by atoms with E-state index in [1.807, 2.05) is 6.20 Å². The maximum absolute atomic E-state index is 3.91. The van der Waals surface area contributed by atoms with Crippen molar-refractivity contribution in [1.82, 2.24) is 14.8 Å². The predicted octanol–water partition coefficient (Wildman–Crippen LogP) is 2.51. The molecule has 3 rings (SSSR count). The van der Waals surface area contributed by atoms with Crippen molar-refractivity contribution in [1.29, 1.82) is 0 Å². The number of para-hydroxylation sites is 1. The van der Waals surface area contributed by atoms with E-state index >= 15 is 0 Å². The van der Waals surface area contributed by atoms with Crippen molar-refractivity contribution < 1.29 is 0 Å². The van der Waals surface area contributed by atoms with Gasteiger partial charge in [0, 0.05) is 36.9 Å². The molecule has 0 saturated carbocycles. The summed E-state index contributed by atoms with van der Waals surface area (Å²) < 4.78 is 2.15. The lowest BCUT2D eigenvalue weighted by Gasteiger charge is -2.01. The van der Waals surface area contributed by atoms with Gasteiger partial charge in [0.25, 0.3) is 0 Å². The number of H-pyrrole nitrogens is 1. The van der Waals surface area contributed by atoms with Crippen LogP contribution < -0.4 is 5.32 Å². The molecule has 0 atom stereocenters. The molecular formula is C13H14N4. The number of aromatic amines is 1. The van der Waals surface area contributed by atoms with Crippen LogP contribution in [0.5, 0.6) is 0 Å². The minimum atomic E-state index is 0.806. The molecule has 4 heteroatoms. The van der Waals surface area contributed by atoms with Gasteiger partial charge >= 0.3 is 0 Å². The second-order valence-corrected chi connectivity index (χ2v) is 4.12. The van der Waals surface area contributed by atoms with Crippen LogP contribution in [0.4, 0.5) is 5.69 Å². The fraction of sp³-hybridized carbons (Fsp3) is 0.154. The fourth-order valence-corrected chi connectivity index (χ4v) is 2.11. The van der Waals surface area contributed by atoms with E-state index in [1.165, 1.54) is 16.5 Å². The number of nitrogens with zero attached hydrogens (tertiary/aromatic N) is 2. The van der Waals surface area contributed by atoms with Crippen LogP contribution in [-0.4, -0.2) is 14.8 Å². The molecule has 0 aliphatic heterocycles. The van der Waals surface area contributed by atoms with E-state index < -0.39 is 0 Å². The number of aromatic nitrogens is 3. The van der Waals surface area contributed by atoms with E-state index in [0.717, 1.165) is 12.2 Å². The topological polar surface area (TPSA) is 45.6 Å². The lowest BCUT2D eigenvalue weighted by Crippen LogP contribution is -1.97. The Balaban J connectivity index is 1.90. The summed E-state index contributed by atoms with van der Waals surface area (Å²) in [6.45, 7) is 0.806. The third-order valence-electron chi connectivity index (χ3n) is 2.96. The molecule has 0 aliphatic rings. The van der Waals surface area contributed by atoms with Crippen LogP contribution in [-0.2, 0) is 13.6 Å². The Hall–Kier alpha value is -2.23. The van der Waals surface area contributed by atoms with Gasteiger partial charge in [0.15, 0.2) is 0 Å². The largest absolute Gasteiger partial charge is 0.378 e.